The molecule has 22 heavy (non-hydrogen) atoms. The van der Waals surface area contributed by atoms with Crippen LogP contribution in [0.5, 0.6) is 0 Å². The van der Waals surface area contributed by atoms with Gasteiger partial charge in [0.05, 0.1) is 10.6 Å². The lowest BCUT2D eigenvalue weighted by atomic mass is 10.3. The van der Waals surface area contributed by atoms with Crippen molar-refractivity contribution in [1.29, 1.82) is 0 Å². The molecule has 3 rings (SSSR count). The summed E-state index contributed by atoms with van der Waals surface area (Å²) in [5.41, 5.74) is 0.809. The van der Waals surface area contributed by atoms with Gasteiger partial charge in [-0.25, -0.2) is 13.4 Å². The maximum Gasteiger partial charge on any atom is 0.263 e. The molecule has 0 aliphatic rings. The normalized spacial score (nSPS) is 11.3. The van der Waals surface area contributed by atoms with Gasteiger partial charge in [-0.2, -0.15) is 0 Å². The van der Waals surface area contributed by atoms with Gasteiger partial charge in [0.2, 0.25) is 0 Å². The lowest BCUT2D eigenvalue weighted by molar-refractivity contribution is 0.601. The van der Waals surface area contributed by atoms with Crippen molar-refractivity contribution in [3.05, 3.63) is 65.7 Å². The molecule has 0 bridgehead atoms. The minimum atomic E-state index is -3.60. The quantitative estimate of drug-likeness (QED) is 0.775. The van der Waals surface area contributed by atoms with Crippen LogP contribution in [0.15, 0.2) is 60.0 Å². The number of thiazole rings is 1. The van der Waals surface area contributed by atoms with Gasteiger partial charge in [0, 0.05) is 36.1 Å². The van der Waals surface area contributed by atoms with E-state index < -0.39 is 10.0 Å². The predicted octanol–water partition coefficient (Wildman–Crippen LogP) is 2.32. The Bertz CT molecular complexity index is 849. The SMILES string of the molecule is O=S(=O)(Nc1ncc(Cc2cnccn2)s1)c1ccccc1. The summed E-state index contributed by atoms with van der Waals surface area (Å²) in [5.74, 6) is 0. The average Bonchev–Trinajstić information content (AvgIpc) is 2.95. The first-order chi connectivity index (χ1) is 10.6. The fraction of sp³-hybridized carbons (Fsp3) is 0.0714. The molecule has 1 aromatic carbocycles. The second-order valence-electron chi connectivity index (χ2n) is 4.42. The molecule has 2 heterocycles. The molecule has 0 radical (unpaired) electrons. The summed E-state index contributed by atoms with van der Waals surface area (Å²) in [5, 5.41) is 0.336. The maximum atomic E-state index is 12.2. The number of benzene rings is 1. The second-order valence-corrected chi connectivity index (χ2v) is 7.22. The summed E-state index contributed by atoms with van der Waals surface area (Å²) >= 11 is 1.28. The molecule has 0 aliphatic heterocycles. The molecule has 8 heteroatoms. The highest BCUT2D eigenvalue weighted by Gasteiger charge is 2.15. The fourth-order valence-electron chi connectivity index (χ4n) is 1.81. The Kier molecular flexibility index (Phi) is 4.12. The fourth-order valence-corrected chi connectivity index (χ4v) is 3.90. The third kappa shape index (κ3) is 3.46. The summed E-state index contributed by atoms with van der Waals surface area (Å²) in [6.07, 6.45) is 7.11. The molecular weight excluding hydrogens is 320 g/mol. The molecule has 0 fully saturated rings. The van der Waals surface area contributed by atoms with E-state index in [-0.39, 0.29) is 4.90 Å². The van der Waals surface area contributed by atoms with Gasteiger partial charge in [-0.05, 0) is 12.1 Å². The highest BCUT2D eigenvalue weighted by atomic mass is 32.2. The molecule has 0 spiro atoms. The van der Waals surface area contributed by atoms with Crippen molar-refractivity contribution >= 4 is 26.5 Å². The van der Waals surface area contributed by atoms with E-state index in [2.05, 4.69) is 19.7 Å². The monoisotopic (exact) mass is 332 g/mol. The Morgan fingerprint density at radius 2 is 1.86 bits per heavy atom. The zero-order valence-electron chi connectivity index (χ0n) is 11.4. The molecule has 6 nitrogen and oxygen atoms in total. The first kappa shape index (κ1) is 14.6. The van der Waals surface area contributed by atoms with Gasteiger partial charge in [-0.1, -0.05) is 18.2 Å². The van der Waals surface area contributed by atoms with Crippen LogP contribution in [0.3, 0.4) is 0 Å². The van der Waals surface area contributed by atoms with Crippen molar-refractivity contribution in [3.63, 3.8) is 0 Å². The van der Waals surface area contributed by atoms with E-state index in [9.17, 15) is 8.42 Å². The van der Waals surface area contributed by atoms with Crippen LogP contribution in [0, 0.1) is 0 Å². The van der Waals surface area contributed by atoms with Crippen LogP contribution in [0.4, 0.5) is 5.13 Å². The van der Waals surface area contributed by atoms with Crippen molar-refractivity contribution in [1.82, 2.24) is 15.0 Å². The van der Waals surface area contributed by atoms with Crippen molar-refractivity contribution in [2.75, 3.05) is 4.72 Å². The Morgan fingerprint density at radius 1 is 1.05 bits per heavy atom. The summed E-state index contributed by atoms with van der Waals surface area (Å²) in [6.45, 7) is 0. The number of rotatable bonds is 5. The van der Waals surface area contributed by atoms with Gasteiger partial charge in [-0.3, -0.25) is 14.7 Å². The molecule has 0 unspecified atom stereocenters. The lowest BCUT2D eigenvalue weighted by Gasteiger charge is -2.04. The molecule has 2 aromatic heterocycles. The molecule has 0 saturated carbocycles. The van der Waals surface area contributed by atoms with Crippen LogP contribution in [-0.2, 0) is 16.4 Å². The van der Waals surface area contributed by atoms with Gasteiger partial charge in [0.15, 0.2) is 5.13 Å². The summed E-state index contributed by atoms with van der Waals surface area (Å²) in [7, 11) is -3.60. The van der Waals surface area contributed by atoms with Crippen molar-refractivity contribution in [2.24, 2.45) is 0 Å². The van der Waals surface area contributed by atoms with Crippen LogP contribution < -0.4 is 4.72 Å². The van der Waals surface area contributed by atoms with Crippen LogP contribution in [-0.4, -0.2) is 23.4 Å². The smallest absolute Gasteiger partial charge is 0.261 e. The average molecular weight is 332 g/mol. The van der Waals surface area contributed by atoms with E-state index in [1.165, 1.54) is 23.5 Å². The Hall–Kier alpha value is -2.32. The third-order valence-electron chi connectivity index (χ3n) is 2.80. The Labute approximate surface area is 132 Å². The van der Waals surface area contributed by atoms with Gasteiger partial charge in [0.25, 0.3) is 10.0 Å². The summed E-state index contributed by atoms with van der Waals surface area (Å²) in [6, 6.07) is 8.19. The number of anilines is 1. The molecule has 0 atom stereocenters. The molecule has 1 N–H and O–H groups in total. The van der Waals surface area contributed by atoms with E-state index in [1.54, 1.807) is 43.0 Å². The molecule has 112 valence electrons. The van der Waals surface area contributed by atoms with Crippen molar-refractivity contribution in [2.45, 2.75) is 11.3 Å². The van der Waals surface area contributed by atoms with Gasteiger partial charge >= 0.3 is 0 Å². The van der Waals surface area contributed by atoms with E-state index in [0.717, 1.165) is 10.6 Å². The number of sulfonamides is 1. The van der Waals surface area contributed by atoms with Crippen LogP contribution in [0.2, 0.25) is 0 Å². The number of nitrogens with one attached hydrogen (secondary N) is 1. The highest BCUT2D eigenvalue weighted by Crippen LogP contribution is 2.23. The molecular formula is C14H12N4O2S2. The largest absolute Gasteiger partial charge is 0.263 e. The predicted molar refractivity (Wildman–Crippen MR) is 84.2 cm³/mol. The number of aromatic nitrogens is 3. The molecule has 0 saturated heterocycles. The van der Waals surface area contributed by atoms with Crippen LogP contribution >= 0.6 is 11.3 Å². The molecule has 3 aromatic rings. The zero-order valence-corrected chi connectivity index (χ0v) is 13.0. The van der Waals surface area contributed by atoms with E-state index >= 15 is 0 Å². The minimum absolute atomic E-state index is 0.209. The lowest BCUT2D eigenvalue weighted by Crippen LogP contribution is -2.12. The topological polar surface area (TPSA) is 84.8 Å². The van der Waals surface area contributed by atoms with Gasteiger partial charge in [-0.15, -0.1) is 11.3 Å². The van der Waals surface area contributed by atoms with Gasteiger partial charge in [0.1, 0.15) is 0 Å². The summed E-state index contributed by atoms with van der Waals surface area (Å²) in [4.78, 5) is 13.4. The van der Waals surface area contributed by atoms with Crippen LogP contribution in [0.1, 0.15) is 10.6 Å². The van der Waals surface area contributed by atoms with E-state index in [0.29, 0.717) is 11.6 Å². The second kappa shape index (κ2) is 6.20. The van der Waals surface area contributed by atoms with Crippen molar-refractivity contribution in [3.8, 4) is 0 Å². The number of nitrogens with zero attached hydrogens (tertiary/aromatic N) is 3. The first-order valence-electron chi connectivity index (χ1n) is 6.41. The highest BCUT2D eigenvalue weighted by molar-refractivity contribution is 7.93. The third-order valence-corrected chi connectivity index (χ3v) is 5.20. The Balaban J connectivity index is 1.75. The molecule has 0 amide bonds. The van der Waals surface area contributed by atoms with E-state index in [4.69, 9.17) is 0 Å². The standard InChI is InChI=1S/C14H12N4O2S2/c19-22(20,13-4-2-1-3-5-13)18-14-17-10-12(21-14)8-11-9-15-6-7-16-11/h1-7,9-10H,8H2,(H,17,18). The molecule has 0 aliphatic carbocycles. The van der Waals surface area contributed by atoms with Crippen LogP contribution in [0.25, 0.3) is 0 Å². The summed E-state index contributed by atoms with van der Waals surface area (Å²) < 4.78 is 26.9. The first-order valence-corrected chi connectivity index (χ1v) is 8.71. The maximum absolute atomic E-state index is 12.2. The zero-order chi connectivity index (χ0) is 15.4. The Morgan fingerprint density at radius 3 is 2.59 bits per heavy atom. The number of hydrogen-bond acceptors (Lipinski definition) is 6. The van der Waals surface area contributed by atoms with Crippen molar-refractivity contribution < 1.29 is 8.42 Å². The van der Waals surface area contributed by atoms with Gasteiger partial charge < -0.3 is 0 Å². The number of hydrogen-bond donors (Lipinski definition) is 1. The minimum Gasteiger partial charge on any atom is -0.261 e. The van der Waals surface area contributed by atoms with E-state index in [1.807, 2.05) is 0 Å².